The van der Waals surface area contributed by atoms with Gasteiger partial charge in [0, 0.05) is 31.1 Å². The fourth-order valence-electron chi connectivity index (χ4n) is 2.82. The van der Waals surface area contributed by atoms with Gasteiger partial charge >= 0.3 is 6.03 Å². The summed E-state index contributed by atoms with van der Waals surface area (Å²) in [5, 5.41) is 15.8. The van der Waals surface area contributed by atoms with E-state index in [2.05, 4.69) is 21.5 Å². The van der Waals surface area contributed by atoms with Gasteiger partial charge in [-0.3, -0.25) is 0 Å². The molecule has 24 heavy (non-hydrogen) atoms. The lowest BCUT2D eigenvalue weighted by molar-refractivity contribution is 0.190. The van der Waals surface area contributed by atoms with Crippen LogP contribution in [0, 0.1) is 11.3 Å². The number of carbonyl (C=O) groups is 1. The lowest BCUT2D eigenvalue weighted by atomic mass is 9.97. The molecule has 3 rings (SSSR count). The minimum atomic E-state index is -0.172. The van der Waals surface area contributed by atoms with E-state index < -0.39 is 0 Å². The van der Waals surface area contributed by atoms with Gasteiger partial charge in [-0.05, 0) is 31.0 Å². The van der Waals surface area contributed by atoms with E-state index in [9.17, 15) is 4.79 Å². The van der Waals surface area contributed by atoms with E-state index >= 15 is 0 Å². The number of rotatable bonds is 3. The average Bonchev–Trinajstić information content (AvgIpc) is 3.11. The van der Waals surface area contributed by atoms with Crippen LogP contribution in [0.4, 0.5) is 10.5 Å². The third kappa shape index (κ3) is 3.54. The van der Waals surface area contributed by atoms with E-state index in [0.29, 0.717) is 42.5 Å². The van der Waals surface area contributed by atoms with Gasteiger partial charge in [0.2, 0.25) is 5.89 Å². The Morgan fingerprint density at radius 3 is 3.17 bits per heavy atom. The van der Waals surface area contributed by atoms with Gasteiger partial charge in [0.1, 0.15) is 0 Å². The molecule has 7 heteroatoms. The first-order valence-corrected chi connectivity index (χ1v) is 8.08. The number of piperidine rings is 1. The first kappa shape index (κ1) is 16.0. The zero-order valence-electron chi connectivity index (χ0n) is 13.5. The van der Waals surface area contributed by atoms with Crippen LogP contribution in [0.2, 0.25) is 0 Å². The maximum absolute atomic E-state index is 12.5. The number of nitrogens with zero attached hydrogens (tertiary/aromatic N) is 4. The Labute approximate surface area is 140 Å². The molecular weight excluding hydrogens is 306 g/mol. The molecule has 0 spiro atoms. The highest BCUT2D eigenvalue weighted by Crippen LogP contribution is 2.25. The van der Waals surface area contributed by atoms with Crippen LogP contribution in [0.1, 0.15) is 43.0 Å². The van der Waals surface area contributed by atoms with E-state index in [-0.39, 0.29) is 11.9 Å². The summed E-state index contributed by atoms with van der Waals surface area (Å²) in [7, 11) is 0. The number of anilines is 1. The second-order valence-corrected chi connectivity index (χ2v) is 5.81. The van der Waals surface area contributed by atoms with E-state index in [1.165, 1.54) is 0 Å². The highest BCUT2D eigenvalue weighted by Gasteiger charge is 2.28. The van der Waals surface area contributed by atoms with Crippen LogP contribution < -0.4 is 5.32 Å². The largest absolute Gasteiger partial charge is 0.339 e. The molecule has 0 aliphatic carbocycles. The van der Waals surface area contributed by atoms with E-state index in [0.717, 1.165) is 12.8 Å². The molecule has 124 valence electrons. The van der Waals surface area contributed by atoms with Gasteiger partial charge in [-0.25, -0.2) is 4.79 Å². The van der Waals surface area contributed by atoms with Crippen molar-refractivity contribution in [1.82, 2.24) is 15.0 Å². The van der Waals surface area contributed by atoms with Crippen molar-refractivity contribution >= 4 is 11.7 Å². The number of likely N-dealkylation sites (tertiary alicyclic amines) is 1. The fraction of sp³-hybridized carbons (Fsp3) is 0.412. The lowest BCUT2D eigenvalue weighted by Crippen LogP contribution is -2.41. The molecular formula is C17H19N5O2. The summed E-state index contributed by atoms with van der Waals surface area (Å²) in [6.07, 6.45) is 2.54. The number of benzene rings is 1. The highest BCUT2D eigenvalue weighted by atomic mass is 16.5. The topological polar surface area (TPSA) is 95.1 Å². The van der Waals surface area contributed by atoms with Crippen molar-refractivity contribution in [2.24, 2.45) is 0 Å². The number of aryl methyl sites for hydroxylation is 1. The predicted molar refractivity (Wildman–Crippen MR) is 87.4 cm³/mol. The number of urea groups is 1. The van der Waals surface area contributed by atoms with Crippen LogP contribution in [0.25, 0.3) is 0 Å². The lowest BCUT2D eigenvalue weighted by Gasteiger charge is -2.31. The molecule has 0 saturated carbocycles. The Hall–Kier alpha value is -2.88. The Morgan fingerprint density at radius 2 is 2.42 bits per heavy atom. The predicted octanol–water partition coefficient (Wildman–Crippen LogP) is 2.92. The zero-order chi connectivity index (χ0) is 16.9. The molecule has 2 heterocycles. The number of carbonyl (C=O) groups excluding carboxylic acids is 1. The number of hydrogen-bond donors (Lipinski definition) is 1. The second kappa shape index (κ2) is 7.13. The molecule has 2 aromatic rings. The Bertz CT molecular complexity index is 764. The van der Waals surface area contributed by atoms with Gasteiger partial charge in [0.05, 0.1) is 11.6 Å². The van der Waals surface area contributed by atoms with E-state index in [1.54, 1.807) is 29.2 Å². The minimum Gasteiger partial charge on any atom is -0.339 e. The van der Waals surface area contributed by atoms with Crippen molar-refractivity contribution in [3.05, 3.63) is 41.5 Å². The molecule has 1 atom stereocenters. The summed E-state index contributed by atoms with van der Waals surface area (Å²) >= 11 is 0. The zero-order valence-corrected chi connectivity index (χ0v) is 13.5. The molecule has 2 amide bonds. The van der Waals surface area contributed by atoms with Crippen LogP contribution in [0.15, 0.2) is 28.8 Å². The molecule has 1 aromatic carbocycles. The summed E-state index contributed by atoms with van der Waals surface area (Å²) in [5.41, 5.74) is 1.14. The normalized spacial score (nSPS) is 17.3. The SMILES string of the molecule is CCc1nc([C@@H]2CCCN(C(=O)Nc3cccc(C#N)c3)C2)no1. The fourth-order valence-corrected chi connectivity index (χ4v) is 2.82. The van der Waals surface area contributed by atoms with E-state index in [4.69, 9.17) is 9.78 Å². The number of nitrogens with one attached hydrogen (secondary N) is 1. The van der Waals surface area contributed by atoms with Crippen LogP contribution in [0.5, 0.6) is 0 Å². The molecule has 1 aliphatic heterocycles. The summed E-state index contributed by atoms with van der Waals surface area (Å²) in [6.45, 7) is 3.22. The standard InChI is InChI=1S/C17H19N5O2/c1-2-15-20-16(21-24-15)13-6-4-8-22(11-13)17(23)19-14-7-3-5-12(9-14)10-18/h3,5,7,9,13H,2,4,6,8,11H2,1H3,(H,19,23)/t13-/m1/s1. The summed E-state index contributed by atoms with van der Waals surface area (Å²) in [6, 6.07) is 8.77. The van der Waals surface area contributed by atoms with E-state index in [1.807, 2.05) is 6.92 Å². The van der Waals surface area contributed by atoms with Gasteiger partial charge < -0.3 is 14.7 Å². The quantitative estimate of drug-likeness (QED) is 0.936. The van der Waals surface area contributed by atoms with Crippen LogP contribution in [-0.2, 0) is 6.42 Å². The van der Waals surface area contributed by atoms with Crippen molar-refractivity contribution < 1.29 is 9.32 Å². The Kier molecular flexibility index (Phi) is 4.75. The molecule has 0 bridgehead atoms. The average molecular weight is 325 g/mol. The molecule has 0 radical (unpaired) electrons. The monoisotopic (exact) mass is 325 g/mol. The molecule has 0 unspecified atom stereocenters. The van der Waals surface area contributed by atoms with Crippen molar-refractivity contribution in [3.63, 3.8) is 0 Å². The summed E-state index contributed by atoms with van der Waals surface area (Å²) in [4.78, 5) is 18.6. The van der Waals surface area contributed by atoms with Crippen LogP contribution in [-0.4, -0.2) is 34.2 Å². The van der Waals surface area contributed by atoms with Crippen molar-refractivity contribution in [1.29, 1.82) is 5.26 Å². The van der Waals surface area contributed by atoms with Crippen molar-refractivity contribution in [3.8, 4) is 6.07 Å². The third-order valence-corrected chi connectivity index (χ3v) is 4.10. The molecule has 7 nitrogen and oxygen atoms in total. The molecule has 1 fully saturated rings. The van der Waals surface area contributed by atoms with Crippen LogP contribution in [0.3, 0.4) is 0 Å². The first-order valence-electron chi connectivity index (χ1n) is 8.08. The number of nitriles is 1. The molecule has 1 aromatic heterocycles. The van der Waals surface area contributed by atoms with Crippen molar-refractivity contribution in [2.75, 3.05) is 18.4 Å². The number of amides is 2. The van der Waals surface area contributed by atoms with Gasteiger partial charge in [0.15, 0.2) is 5.82 Å². The summed E-state index contributed by atoms with van der Waals surface area (Å²) in [5.74, 6) is 1.40. The maximum Gasteiger partial charge on any atom is 0.321 e. The van der Waals surface area contributed by atoms with Crippen LogP contribution >= 0.6 is 0 Å². The number of aromatic nitrogens is 2. The smallest absolute Gasteiger partial charge is 0.321 e. The Balaban J connectivity index is 1.65. The summed E-state index contributed by atoms with van der Waals surface area (Å²) < 4.78 is 5.17. The first-order chi connectivity index (χ1) is 11.7. The Morgan fingerprint density at radius 1 is 1.54 bits per heavy atom. The van der Waals surface area contributed by atoms with Gasteiger partial charge in [-0.1, -0.05) is 18.1 Å². The van der Waals surface area contributed by atoms with Gasteiger partial charge in [-0.15, -0.1) is 0 Å². The molecule has 1 saturated heterocycles. The second-order valence-electron chi connectivity index (χ2n) is 5.81. The van der Waals surface area contributed by atoms with Crippen molar-refractivity contribution in [2.45, 2.75) is 32.1 Å². The minimum absolute atomic E-state index is 0.0963. The maximum atomic E-state index is 12.5. The highest BCUT2D eigenvalue weighted by molar-refractivity contribution is 5.89. The van der Waals surface area contributed by atoms with Gasteiger partial charge in [-0.2, -0.15) is 10.2 Å². The molecule has 1 aliphatic rings. The number of hydrogen-bond acceptors (Lipinski definition) is 5. The third-order valence-electron chi connectivity index (χ3n) is 4.10. The van der Waals surface area contributed by atoms with Gasteiger partial charge in [0.25, 0.3) is 0 Å². The molecule has 1 N–H and O–H groups in total.